The number of methoxy groups -OCH3 is 1. The van der Waals surface area contributed by atoms with Gasteiger partial charge < -0.3 is 14.8 Å². The Morgan fingerprint density at radius 2 is 2.13 bits per heavy atom. The third-order valence-corrected chi connectivity index (χ3v) is 5.00. The van der Waals surface area contributed by atoms with Gasteiger partial charge in [-0.1, -0.05) is 19.3 Å². The maximum Gasteiger partial charge on any atom is 0.311 e. The molecule has 1 N–H and O–H groups in total. The number of hydrogen-bond acceptors (Lipinski definition) is 5. The lowest BCUT2D eigenvalue weighted by atomic mass is 9.78. The lowest BCUT2D eigenvalue weighted by Crippen LogP contribution is -2.45. The fourth-order valence-corrected chi connectivity index (χ4v) is 3.85. The summed E-state index contributed by atoms with van der Waals surface area (Å²) in [6, 6.07) is 5.30. The van der Waals surface area contributed by atoms with Gasteiger partial charge in [0.25, 0.3) is 0 Å². The van der Waals surface area contributed by atoms with Gasteiger partial charge in [-0.05, 0) is 31.7 Å². The van der Waals surface area contributed by atoms with Crippen LogP contribution in [0, 0.1) is 10.1 Å². The molecule has 0 aromatic heterocycles. The van der Waals surface area contributed by atoms with Crippen LogP contribution in [-0.4, -0.2) is 30.3 Å². The van der Waals surface area contributed by atoms with Gasteiger partial charge in [-0.25, -0.2) is 0 Å². The molecule has 1 aliphatic carbocycles. The Balaban J connectivity index is 1.70. The first-order valence-electron chi connectivity index (χ1n) is 8.35. The number of nitrogens with one attached hydrogen (secondary N) is 1. The predicted molar refractivity (Wildman–Crippen MR) is 88.1 cm³/mol. The van der Waals surface area contributed by atoms with E-state index in [-0.39, 0.29) is 11.3 Å². The molecular weight excluding hydrogens is 296 g/mol. The lowest BCUT2D eigenvalue weighted by Gasteiger charge is -2.44. The Labute approximate surface area is 136 Å². The molecule has 1 saturated carbocycles. The third kappa shape index (κ3) is 3.58. The van der Waals surface area contributed by atoms with E-state index in [4.69, 9.17) is 9.47 Å². The molecular formula is C17H24N2O4. The van der Waals surface area contributed by atoms with Crippen LogP contribution in [0.3, 0.4) is 0 Å². The van der Waals surface area contributed by atoms with Crippen molar-refractivity contribution in [3.05, 3.63) is 28.3 Å². The zero-order valence-electron chi connectivity index (χ0n) is 13.5. The van der Waals surface area contributed by atoms with Crippen molar-refractivity contribution in [3.63, 3.8) is 0 Å². The minimum atomic E-state index is -0.423. The normalized spacial score (nSPS) is 23.4. The molecule has 0 bridgehead atoms. The Kier molecular flexibility index (Phi) is 4.71. The molecule has 2 aliphatic rings. The van der Waals surface area contributed by atoms with E-state index in [1.807, 2.05) is 0 Å². The smallest absolute Gasteiger partial charge is 0.311 e. The number of nitro benzene ring substituents is 1. The number of ether oxygens (including phenoxy) is 2. The van der Waals surface area contributed by atoms with Gasteiger partial charge in [0.05, 0.1) is 17.6 Å². The first kappa shape index (κ1) is 16.1. The molecule has 1 unspecified atom stereocenters. The molecule has 3 rings (SSSR count). The fourth-order valence-electron chi connectivity index (χ4n) is 3.85. The van der Waals surface area contributed by atoms with E-state index in [9.17, 15) is 10.1 Å². The maximum atomic E-state index is 11.0. The molecule has 1 aromatic rings. The standard InChI is InChI=1S/C17H24N2O4/c1-22-16-11-13(5-6-15(16)19(20)21)18-14-7-10-23-17(12-14)8-3-2-4-9-17/h5-6,11,14,18H,2-4,7-10,12H2,1H3. The van der Waals surface area contributed by atoms with Crippen molar-refractivity contribution < 1.29 is 14.4 Å². The zero-order chi connectivity index (χ0) is 16.3. The molecule has 1 saturated heterocycles. The SMILES string of the molecule is COc1cc(NC2CCOC3(CCCCC3)C2)ccc1[N+](=O)[O-]. The summed E-state index contributed by atoms with van der Waals surface area (Å²) in [6.07, 6.45) is 8.07. The van der Waals surface area contributed by atoms with E-state index >= 15 is 0 Å². The molecule has 126 valence electrons. The highest BCUT2D eigenvalue weighted by molar-refractivity contribution is 5.58. The van der Waals surface area contributed by atoms with E-state index in [0.717, 1.165) is 38.0 Å². The molecule has 0 amide bonds. The Morgan fingerprint density at radius 3 is 2.83 bits per heavy atom. The molecule has 1 spiro atoms. The van der Waals surface area contributed by atoms with E-state index in [0.29, 0.717) is 11.8 Å². The van der Waals surface area contributed by atoms with Gasteiger partial charge in [0.2, 0.25) is 0 Å². The Hall–Kier alpha value is -1.82. The fraction of sp³-hybridized carbons (Fsp3) is 0.647. The van der Waals surface area contributed by atoms with Crippen LogP contribution >= 0.6 is 0 Å². The highest BCUT2D eigenvalue weighted by Crippen LogP contribution is 2.39. The van der Waals surface area contributed by atoms with Gasteiger partial charge in [-0.3, -0.25) is 10.1 Å². The molecule has 1 atom stereocenters. The molecule has 1 heterocycles. The number of nitro groups is 1. The van der Waals surface area contributed by atoms with Gasteiger partial charge in [-0.2, -0.15) is 0 Å². The number of benzene rings is 1. The quantitative estimate of drug-likeness (QED) is 0.673. The number of rotatable bonds is 4. The highest BCUT2D eigenvalue weighted by atomic mass is 16.6. The Bertz CT molecular complexity index is 564. The second-order valence-corrected chi connectivity index (χ2v) is 6.57. The van der Waals surface area contributed by atoms with E-state index in [1.54, 1.807) is 12.1 Å². The lowest BCUT2D eigenvalue weighted by molar-refractivity contribution is -0.385. The number of anilines is 1. The van der Waals surface area contributed by atoms with Gasteiger partial charge in [-0.15, -0.1) is 0 Å². The molecule has 6 nitrogen and oxygen atoms in total. The minimum Gasteiger partial charge on any atom is -0.490 e. The van der Waals surface area contributed by atoms with Gasteiger partial charge in [0.1, 0.15) is 0 Å². The zero-order valence-corrected chi connectivity index (χ0v) is 13.5. The van der Waals surface area contributed by atoms with E-state index < -0.39 is 4.92 Å². The number of nitrogens with zero attached hydrogens (tertiary/aromatic N) is 1. The van der Waals surface area contributed by atoms with Crippen molar-refractivity contribution in [2.24, 2.45) is 0 Å². The largest absolute Gasteiger partial charge is 0.490 e. The molecule has 2 fully saturated rings. The average molecular weight is 320 g/mol. The van der Waals surface area contributed by atoms with Crippen molar-refractivity contribution in [1.29, 1.82) is 0 Å². The summed E-state index contributed by atoms with van der Waals surface area (Å²) in [5, 5.41) is 14.5. The van der Waals surface area contributed by atoms with Crippen LogP contribution in [0.2, 0.25) is 0 Å². The van der Waals surface area contributed by atoms with Crippen LogP contribution in [0.15, 0.2) is 18.2 Å². The topological polar surface area (TPSA) is 73.6 Å². The second kappa shape index (κ2) is 6.74. The van der Waals surface area contributed by atoms with Crippen LogP contribution in [0.1, 0.15) is 44.9 Å². The summed E-state index contributed by atoms with van der Waals surface area (Å²) < 4.78 is 11.3. The molecule has 0 radical (unpaired) electrons. The van der Waals surface area contributed by atoms with Crippen LogP contribution in [0.25, 0.3) is 0 Å². The molecule has 1 aliphatic heterocycles. The first-order valence-corrected chi connectivity index (χ1v) is 8.35. The molecule has 6 heteroatoms. The summed E-state index contributed by atoms with van der Waals surface area (Å²) in [5.41, 5.74) is 0.901. The minimum absolute atomic E-state index is 0.00576. The summed E-state index contributed by atoms with van der Waals surface area (Å²) in [5.74, 6) is 0.291. The second-order valence-electron chi connectivity index (χ2n) is 6.57. The van der Waals surface area contributed by atoms with Crippen molar-refractivity contribution in [2.75, 3.05) is 19.0 Å². The van der Waals surface area contributed by atoms with Crippen molar-refractivity contribution in [2.45, 2.75) is 56.6 Å². The van der Waals surface area contributed by atoms with Gasteiger partial charge >= 0.3 is 5.69 Å². The van der Waals surface area contributed by atoms with Gasteiger partial charge in [0.15, 0.2) is 5.75 Å². The van der Waals surface area contributed by atoms with Crippen LogP contribution < -0.4 is 10.1 Å². The van der Waals surface area contributed by atoms with Gasteiger partial charge in [0, 0.05) is 30.5 Å². The molecule has 23 heavy (non-hydrogen) atoms. The van der Waals surface area contributed by atoms with Crippen LogP contribution in [0.5, 0.6) is 5.75 Å². The Morgan fingerprint density at radius 1 is 1.35 bits per heavy atom. The molecule has 1 aromatic carbocycles. The maximum absolute atomic E-state index is 11.0. The van der Waals surface area contributed by atoms with Crippen molar-refractivity contribution in [1.82, 2.24) is 0 Å². The highest BCUT2D eigenvalue weighted by Gasteiger charge is 2.38. The van der Waals surface area contributed by atoms with E-state index in [2.05, 4.69) is 5.32 Å². The van der Waals surface area contributed by atoms with E-state index in [1.165, 1.54) is 32.4 Å². The predicted octanol–water partition coefficient (Wildman–Crippen LogP) is 3.90. The summed E-state index contributed by atoms with van der Waals surface area (Å²) in [6.45, 7) is 0.780. The summed E-state index contributed by atoms with van der Waals surface area (Å²) >= 11 is 0. The third-order valence-electron chi connectivity index (χ3n) is 5.00. The number of hydrogen-bond donors (Lipinski definition) is 1. The first-order chi connectivity index (χ1) is 11.1. The van der Waals surface area contributed by atoms with Crippen LogP contribution in [0.4, 0.5) is 11.4 Å². The summed E-state index contributed by atoms with van der Waals surface area (Å²) in [7, 11) is 1.46. The van der Waals surface area contributed by atoms with Crippen molar-refractivity contribution in [3.8, 4) is 5.75 Å². The average Bonchev–Trinajstić information content (AvgIpc) is 2.55. The van der Waals surface area contributed by atoms with Crippen molar-refractivity contribution >= 4 is 11.4 Å². The monoisotopic (exact) mass is 320 g/mol. The summed E-state index contributed by atoms with van der Waals surface area (Å²) in [4.78, 5) is 10.6. The van der Waals surface area contributed by atoms with Crippen LogP contribution in [-0.2, 0) is 4.74 Å².